The number of H-pyrrole nitrogens is 2. The van der Waals surface area contributed by atoms with Crippen LogP contribution < -0.4 is 14.2 Å². The zero-order valence-electron chi connectivity index (χ0n) is 21.2. The fourth-order valence-electron chi connectivity index (χ4n) is 5.00. The molecule has 36 heavy (non-hydrogen) atoms. The number of hydrogen-bond donors (Lipinski definition) is 3. The topological polar surface area (TPSA) is 79.5 Å². The molecule has 184 valence electrons. The number of aromatic nitrogens is 2. The fraction of sp³-hybridized carbons (Fsp3) is 0.200. The molecule has 3 aromatic carbocycles. The average molecular weight is 483 g/mol. The van der Waals surface area contributed by atoms with Gasteiger partial charge in [0.05, 0.1) is 32.5 Å². The number of rotatable bonds is 7. The van der Waals surface area contributed by atoms with Crippen molar-refractivity contribution in [2.24, 2.45) is 0 Å². The predicted molar refractivity (Wildman–Crippen MR) is 146 cm³/mol. The van der Waals surface area contributed by atoms with Gasteiger partial charge in [-0.2, -0.15) is 0 Å². The third-order valence-electron chi connectivity index (χ3n) is 6.92. The molecule has 0 radical (unpaired) electrons. The van der Waals surface area contributed by atoms with Gasteiger partial charge in [0.1, 0.15) is 0 Å². The Morgan fingerprint density at radius 1 is 0.778 bits per heavy atom. The van der Waals surface area contributed by atoms with Gasteiger partial charge >= 0.3 is 0 Å². The van der Waals surface area contributed by atoms with E-state index in [-0.39, 0.29) is 5.75 Å². The quantitative estimate of drug-likeness (QED) is 0.215. The standard InChI is InChI=1S/C30H30N2O4/c1-7-30(2,3)29-22(18-13-9-11-15-21(18)32-29)24-26(34-4)25(33)23(27(35-5)28(24)36-6)19-16-31-20-14-10-8-12-17(19)20/h7-16,31-33H,1H2,2-6H3. The van der Waals surface area contributed by atoms with Crippen LogP contribution in [0.2, 0.25) is 0 Å². The summed E-state index contributed by atoms with van der Waals surface area (Å²) in [5.41, 5.74) is 5.18. The summed E-state index contributed by atoms with van der Waals surface area (Å²) in [6, 6.07) is 15.9. The van der Waals surface area contributed by atoms with Crippen LogP contribution in [0.3, 0.4) is 0 Å². The summed E-state index contributed by atoms with van der Waals surface area (Å²) >= 11 is 0. The number of phenolic OH excluding ortho intramolecular Hbond substituents is 1. The molecule has 5 rings (SSSR count). The van der Waals surface area contributed by atoms with Gasteiger partial charge in [-0.15, -0.1) is 6.58 Å². The molecule has 0 atom stereocenters. The highest BCUT2D eigenvalue weighted by Gasteiger charge is 2.34. The molecule has 2 aromatic heterocycles. The van der Waals surface area contributed by atoms with E-state index in [0.29, 0.717) is 28.4 Å². The van der Waals surface area contributed by atoms with Gasteiger partial charge in [-0.25, -0.2) is 0 Å². The van der Waals surface area contributed by atoms with E-state index in [1.54, 1.807) is 21.3 Å². The monoisotopic (exact) mass is 482 g/mol. The van der Waals surface area contributed by atoms with Crippen LogP contribution in [0, 0.1) is 0 Å². The van der Waals surface area contributed by atoms with Crippen LogP contribution in [-0.4, -0.2) is 36.4 Å². The molecule has 0 saturated heterocycles. The molecule has 6 heteroatoms. The SMILES string of the molecule is C=CC(C)(C)c1[nH]c2ccccc2c1-c1c(OC)c(O)c(-c2c[nH]c3ccccc23)c(OC)c1OC. The number of para-hydroxylation sites is 2. The third-order valence-corrected chi connectivity index (χ3v) is 6.92. The van der Waals surface area contributed by atoms with Gasteiger partial charge in [-0.05, 0) is 12.1 Å². The fourth-order valence-corrected chi connectivity index (χ4v) is 5.00. The van der Waals surface area contributed by atoms with Crippen LogP contribution in [-0.2, 0) is 5.41 Å². The number of phenols is 1. The molecule has 0 aliphatic rings. The Balaban J connectivity index is 1.95. The molecule has 0 aliphatic carbocycles. The van der Waals surface area contributed by atoms with Crippen LogP contribution in [0.1, 0.15) is 19.5 Å². The minimum atomic E-state index is -0.414. The van der Waals surface area contributed by atoms with Crippen molar-refractivity contribution in [1.29, 1.82) is 0 Å². The van der Waals surface area contributed by atoms with Crippen molar-refractivity contribution in [2.75, 3.05) is 21.3 Å². The van der Waals surface area contributed by atoms with E-state index in [4.69, 9.17) is 14.2 Å². The van der Waals surface area contributed by atoms with E-state index in [0.717, 1.165) is 38.6 Å². The van der Waals surface area contributed by atoms with E-state index >= 15 is 0 Å². The van der Waals surface area contributed by atoms with Gasteiger partial charge in [0, 0.05) is 50.2 Å². The predicted octanol–water partition coefficient (Wildman–Crippen LogP) is 7.18. The summed E-state index contributed by atoms with van der Waals surface area (Å²) in [5, 5.41) is 13.7. The van der Waals surface area contributed by atoms with Gasteiger partial charge < -0.3 is 29.3 Å². The first-order valence-electron chi connectivity index (χ1n) is 11.7. The molecule has 0 amide bonds. The van der Waals surface area contributed by atoms with Gasteiger partial charge in [0.15, 0.2) is 23.0 Å². The molecule has 0 fully saturated rings. The maximum atomic E-state index is 11.7. The smallest absolute Gasteiger partial charge is 0.173 e. The van der Waals surface area contributed by atoms with Crippen molar-refractivity contribution < 1.29 is 19.3 Å². The lowest BCUT2D eigenvalue weighted by Crippen LogP contribution is -2.15. The van der Waals surface area contributed by atoms with Crippen LogP contribution in [0.25, 0.3) is 44.1 Å². The zero-order chi connectivity index (χ0) is 25.6. The van der Waals surface area contributed by atoms with Crippen molar-refractivity contribution >= 4 is 21.8 Å². The van der Waals surface area contributed by atoms with Crippen LogP contribution in [0.4, 0.5) is 0 Å². The Morgan fingerprint density at radius 3 is 2.00 bits per heavy atom. The Kier molecular flexibility index (Phi) is 5.67. The van der Waals surface area contributed by atoms with Gasteiger partial charge in [0.25, 0.3) is 0 Å². The first-order valence-corrected chi connectivity index (χ1v) is 11.7. The largest absolute Gasteiger partial charge is 0.504 e. The molecule has 0 unspecified atom stereocenters. The van der Waals surface area contributed by atoms with Crippen molar-refractivity contribution in [3.63, 3.8) is 0 Å². The van der Waals surface area contributed by atoms with E-state index in [2.05, 4.69) is 30.4 Å². The van der Waals surface area contributed by atoms with Crippen molar-refractivity contribution in [3.8, 4) is 45.3 Å². The van der Waals surface area contributed by atoms with Gasteiger partial charge in [0.2, 0.25) is 0 Å². The summed E-state index contributed by atoms with van der Waals surface area (Å²) in [7, 11) is 4.73. The Labute approximate surface area is 210 Å². The molecule has 3 N–H and O–H groups in total. The maximum Gasteiger partial charge on any atom is 0.173 e. The summed E-state index contributed by atoms with van der Waals surface area (Å²) < 4.78 is 17.9. The minimum absolute atomic E-state index is 0.0254. The highest BCUT2D eigenvalue weighted by Crippen LogP contribution is 2.59. The number of allylic oxidation sites excluding steroid dienone is 1. The van der Waals surface area contributed by atoms with E-state index < -0.39 is 5.41 Å². The second-order valence-electron chi connectivity index (χ2n) is 9.29. The molecule has 6 nitrogen and oxygen atoms in total. The summed E-state index contributed by atoms with van der Waals surface area (Å²) in [4.78, 5) is 6.85. The molecule has 0 saturated carbocycles. The Bertz CT molecular complexity index is 1610. The molecule has 5 aromatic rings. The number of ether oxygens (including phenoxy) is 3. The molecule has 0 spiro atoms. The lowest BCUT2D eigenvalue weighted by atomic mass is 9.83. The van der Waals surface area contributed by atoms with Crippen molar-refractivity contribution in [3.05, 3.63) is 73.1 Å². The highest BCUT2D eigenvalue weighted by molar-refractivity contribution is 6.07. The van der Waals surface area contributed by atoms with Crippen molar-refractivity contribution in [2.45, 2.75) is 19.3 Å². The van der Waals surface area contributed by atoms with Crippen LogP contribution in [0.15, 0.2) is 67.4 Å². The molecule has 0 bridgehead atoms. The minimum Gasteiger partial charge on any atom is -0.504 e. The molecular formula is C30H30N2O4. The third kappa shape index (κ3) is 3.33. The maximum absolute atomic E-state index is 11.7. The number of methoxy groups -OCH3 is 3. The number of aromatic amines is 2. The Hall–Kier alpha value is -4.32. The van der Waals surface area contributed by atoms with Gasteiger partial charge in [-0.1, -0.05) is 56.3 Å². The van der Waals surface area contributed by atoms with Crippen LogP contribution >= 0.6 is 0 Å². The highest BCUT2D eigenvalue weighted by atomic mass is 16.5. The average Bonchev–Trinajstić information content (AvgIpc) is 3.50. The second kappa shape index (κ2) is 8.72. The number of hydrogen-bond acceptors (Lipinski definition) is 4. The summed E-state index contributed by atoms with van der Waals surface area (Å²) in [6.45, 7) is 8.24. The number of fused-ring (bicyclic) bond motifs is 2. The molecular weight excluding hydrogens is 452 g/mol. The number of aromatic hydroxyl groups is 1. The number of nitrogens with one attached hydrogen (secondary N) is 2. The molecule has 2 heterocycles. The lowest BCUT2D eigenvalue weighted by Gasteiger charge is -2.25. The van der Waals surface area contributed by atoms with E-state index in [1.807, 2.05) is 60.8 Å². The Morgan fingerprint density at radius 2 is 1.36 bits per heavy atom. The number of benzene rings is 3. The zero-order valence-corrected chi connectivity index (χ0v) is 21.2. The first kappa shape index (κ1) is 23.4. The normalized spacial score (nSPS) is 11.7. The lowest BCUT2D eigenvalue weighted by molar-refractivity contribution is 0.340. The molecule has 0 aliphatic heterocycles. The van der Waals surface area contributed by atoms with E-state index in [9.17, 15) is 5.11 Å². The van der Waals surface area contributed by atoms with Gasteiger partial charge in [-0.3, -0.25) is 0 Å². The van der Waals surface area contributed by atoms with Crippen LogP contribution in [0.5, 0.6) is 23.0 Å². The van der Waals surface area contributed by atoms with Crippen molar-refractivity contribution in [1.82, 2.24) is 9.97 Å². The second-order valence-corrected chi connectivity index (χ2v) is 9.29. The first-order chi connectivity index (χ1) is 17.4. The summed E-state index contributed by atoms with van der Waals surface area (Å²) in [5.74, 6) is 1.17. The van der Waals surface area contributed by atoms with E-state index in [1.165, 1.54) is 0 Å². The summed E-state index contributed by atoms with van der Waals surface area (Å²) in [6.07, 6.45) is 3.76.